The molecule has 8 nitrogen and oxygen atoms in total. The minimum absolute atomic E-state index is 0.334. The smallest absolute Gasteiger partial charge is 0.407 e. The molecule has 0 atom stereocenters. The molecule has 0 aliphatic heterocycles. The molecule has 0 spiro atoms. The van der Waals surface area contributed by atoms with Crippen molar-refractivity contribution >= 4 is 67.2 Å². The molecule has 0 unspecified atom stereocenters. The summed E-state index contributed by atoms with van der Waals surface area (Å²) in [6, 6.07) is 4.17. The number of hydrogen-bond donors (Lipinski definition) is 2. The molecule has 48 heavy (non-hydrogen) atoms. The summed E-state index contributed by atoms with van der Waals surface area (Å²) in [7, 11) is 0. The highest BCUT2D eigenvalue weighted by molar-refractivity contribution is 7.31. The second kappa shape index (κ2) is 22.2. The number of fused-ring (bicyclic) bond motifs is 1. The number of thiophene rings is 2. The molecule has 12 heteroatoms. The van der Waals surface area contributed by atoms with Gasteiger partial charge in [0.1, 0.15) is 10.0 Å². The number of nitrogens with zero attached hydrogens (tertiary/aromatic N) is 2. The van der Waals surface area contributed by atoms with Crippen molar-refractivity contribution in [2.75, 3.05) is 26.3 Å². The van der Waals surface area contributed by atoms with Crippen LogP contribution in [-0.4, -0.2) is 48.5 Å². The van der Waals surface area contributed by atoms with Crippen molar-refractivity contribution in [1.82, 2.24) is 20.6 Å². The van der Waals surface area contributed by atoms with Crippen molar-refractivity contribution in [1.29, 1.82) is 0 Å². The summed E-state index contributed by atoms with van der Waals surface area (Å²) < 4.78 is 10.9. The highest BCUT2D eigenvalue weighted by Crippen LogP contribution is 2.41. The number of amides is 2. The minimum atomic E-state index is -0.342. The van der Waals surface area contributed by atoms with E-state index in [1.54, 1.807) is 45.3 Å². The summed E-state index contributed by atoms with van der Waals surface area (Å²) in [4.78, 5) is 38.2. The topological polar surface area (TPSA) is 102 Å². The van der Waals surface area contributed by atoms with Gasteiger partial charge in [-0.15, -0.1) is 22.7 Å². The first kappa shape index (κ1) is 38.3. The molecule has 0 aromatic carbocycles. The fraction of sp³-hybridized carbons (Fsp3) is 0.611. The largest absolute Gasteiger partial charge is 0.449 e. The Balaban J connectivity index is 1.17. The summed E-state index contributed by atoms with van der Waals surface area (Å²) >= 11 is 6.51. The van der Waals surface area contributed by atoms with E-state index in [0.29, 0.717) is 39.1 Å². The summed E-state index contributed by atoms with van der Waals surface area (Å²) in [6.07, 6.45) is 17.7. The number of thiazole rings is 2. The maximum absolute atomic E-state index is 12.1. The Morgan fingerprint density at radius 3 is 1.42 bits per heavy atom. The number of carbonyl (C=O) groups excluding carboxylic acids is 2. The molecular weight excluding hydrogens is 681 g/mol. The van der Waals surface area contributed by atoms with Crippen LogP contribution in [0.2, 0.25) is 0 Å². The van der Waals surface area contributed by atoms with Gasteiger partial charge in [-0.3, -0.25) is 0 Å². The second-order valence-electron chi connectivity index (χ2n) is 12.1. The highest BCUT2D eigenvalue weighted by atomic mass is 32.1. The zero-order valence-corrected chi connectivity index (χ0v) is 31.9. The molecule has 0 aliphatic rings. The predicted octanol–water partition coefficient (Wildman–Crippen LogP) is 11.2. The SMILES string of the molecule is CCCCCCCCCNC(=O)OCCc1ccsc1-c1nc2sc(-c3sccc3CCOC(=O)NCCCCCCCCC)nc2s1. The summed E-state index contributed by atoms with van der Waals surface area (Å²) in [6.45, 7) is 6.46. The van der Waals surface area contributed by atoms with E-state index in [-0.39, 0.29) is 12.2 Å². The number of rotatable bonds is 24. The van der Waals surface area contributed by atoms with Gasteiger partial charge in [0.25, 0.3) is 0 Å². The summed E-state index contributed by atoms with van der Waals surface area (Å²) in [5.41, 5.74) is 2.27. The van der Waals surface area contributed by atoms with E-state index < -0.39 is 0 Å². The molecule has 0 aliphatic carbocycles. The van der Waals surface area contributed by atoms with Crippen LogP contribution in [0.4, 0.5) is 9.59 Å². The molecule has 4 heterocycles. The van der Waals surface area contributed by atoms with Gasteiger partial charge in [-0.1, -0.05) is 114 Å². The molecule has 4 aromatic rings. The van der Waals surface area contributed by atoms with Crippen LogP contribution in [0.3, 0.4) is 0 Å². The van der Waals surface area contributed by atoms with Gasteiger partial charge in [0.2, 0.25) is 0 Å². The Morgan fingerprint density at radius 2 is 1.00 bits per heavy atom. The third-order valence-electron chi connectivity index (χ3n) is 8.17. The molecule has 0 saturated carbocycles. The third kappa shape index (κ3) is 13.1. The first-order valence-electron chi connectivity index (χ1n) is 17.8. The van der Waals surface area contributed by atoms with Crippen molar-refractivity contribution in [2.45, 2.75) is 117 Å². The van der Waals surface area contributed by atoms with Gasteiger partial charge in [0, 0.05) is 25.9 Å². The van der Waals surface area contributed by atoms with Gasteiger partial charge in [-0.2, -0.15) is 0 Å². The minimum Gasteiger partial charge on any atom is -0.449 e. The zero-order valence-electron chi connectivity index (χ0n) is 28.6. The summed E-state index contributed by atoms with van der Waals surface area (Å²) in [5, 5.41) is 11.8. The van der Waals surface area contributed by atoms with Crippen molar-refractivity contribution in [3.63, 3.8) is 0 Å². The Kier molecular flexibility index (Phi) is 17.7. The standard InChI is InChI=1S/C36H52N4O4S4/c1-3-5-7-9-11-13-15-21-37-35(41)43-23-17-27-19-25-45-29(27)31-39-33-34(47-31)40-32(48-33)30-28(20-26-46-30)18-24-44-36(42)38-22-16-14-12-10-8-6-4-2/h19-20,25-26H,3-18,21-24H2,1-2H3,(H,37,41)(H,38,42). The van der Waals surface area contributed by atoms with Crippen LogP contribution in [-0.2, 0) is 22.3 Å². The van der Waals surface area contributed by atoms with Crippen molar-refractivity contribution in [3.8, 4) is 19.8 Å². The Hall–Kier alpha value is -2.54. The lowest BCUT2D eigenvalue weighted by Crippen LogP contribution is -2.26. The van der Waals surface area contributed by atoms with E-state index in [4.69, 9.17) is 19.4 Å². The molecule has 2 N–H and O–H groups in total. The monoisotopic (exact) mass is 732 g/mol. The zero-order chi connectivity index (χ0) is 33.8. The molecule has 0 radical (unpaired) electrons. The number of hydrogen-bond acceptors (Lipinski definition) is 10. The number of ether oxygens (including phenoxy) is 2. The van der Waals surface area contributed by atoms with E-state index in [0.717, 1.165) is 66.2 Å². The van der Waals surface area contributed by atoms with E-state index in [1.807, 2.05) is 0 Å². The van der Waals surface area contributed by atoms with Gasteiger partial charge < -0.3 is 20.1 Å². The molecule has 0 saturated heterocycles. The number of carbonyl (C=O) groups is 2. The van der Waals surface area contributed by atoms with Crippen LogP contribution in [0.5, 0.6) is 0 Å². The van der Waals surface area contributed by atoms with Gasteiger partial charge in [-0.25, -0.2) is 19.6 Å². The second-order valence-corrected chi connectivity index (χ2v) is 15.9. The lowest BCUT2D eigenvalue weighted by atomic mass is 10.1. The average molecular weight is 733 g/mol. The maximum atomic E-state index is 12.1. The molecule has 4 aromatic heterocycles. The van der Waals surface area contributed by atoms with Crippen molar-refractivity contribution in [3.05, 3.63) is 34.0 Å². The van der Waals surface area contributed by atoms with Crippen LogP contribution in [0, 0.1) is 0 Å². The fourth-order valence-electron chi connectivity index (χ4n) is 5.43. The third-order valence-corrected chi connectivity index (χ3v) is 12.4. The van der Waals surface area contributed by atoms with Crippen molar-refractivity contribution in [2.24, 2.45) is 0 Å². The van der Waals surface area contributed by atoms with Crippen LogP contribution < -0.4 is 10.6 Å². The van der Waals surface area contributed by atoms with Crippen LogP contribution >= 0.6 is 45.3 Å². The summed E-state index contributed by atoms with van der Waals surface area (Å²) in [5.74, 6) is 0. The lowest BCUT2D eigenvalue weighted by Gasteiger charge is -2.07. The quantitative estimate of drug-likeness (QED) is 0.0695. The number of alkyl carbamates (subject to hydrolysis) is 2. The molecule has 0 fully saturated rings. The van der Waals surface area contributed by atoms with E-state index in [9.17, 15) is 9.59 Å². The Bertz CT molecular complexity index is 1360. The highest BCUT2D eigenvalue weighted by Gasteiger charge is 2.19. The van der Waals surface area contributed by atoms with Gasteiger partial charge in [0.05, 0.1) is 23.0 Å². The Labute approximate surface area is 302 Å². The molecule has 0 bridgehead atoms. The lowest BCUT2D eigenvalue weighted by molar-refractivity contribution is 0.146. The molecule has 2 amide bonds. The number of unbranched alkanes of at least 4 members (excludes halogenated alkanes) is 12. The van der Waals surface area contributed by atoms with Gasteiger partial charge >= 0.3 is 12.2 Å². The van der Waals surface area contributed by atoms with Gasteiger partial charge in [0.15, 0.2) is 9.66 Å². The van der Waals surface area contributed by atoms with Gasteiger partial charge in [-0.05, 0) is 46.9 Å². The maximum Gasteiger partial charge on any atom is 0.407 e. The first-order valence-corrected chi connectivity index (χ1v) is 21.2. The van der Waals surface area contributed by atoms with E-state index >= 15 is 0 Å². The number of aromatic nitrogens is 2. The Morgan fingerprint density at radius 1 is 0.604 bits per heavy atom. The van der Waals surface area contributed by atoms with E-state index in [2.05, 4.69) is 47.4 Å². The van der Waals surface area contributed by atoms with Crippen LogP contribution in [0.15, 0.2) is 22.9 Å². The molecular formula is C36H52N4O4S4. The molecule has 4 rings (SSSR count). The normalized spacial score (nSPS) is 11.3. The van der Waals surface area contributed by atoms with Crippen LogP contribution in [0.1, 0.15) is 115 Å². The first-order chi connectivity index (χ1) is 23.6. The van der Waals surface area contributed by atoms with Crippen LogP contribution in [0.25, 0.3) is 29.4 Å². The van der Waals surface area contributed by atoms with Crippen molar-refractivity contribution < 1.29 is 19.1 Å². The fourth-order valence-corrected chi connectivity index (χ4v) is 9.64. The predicted molar refractivity (Wildman–Crippen MR) is 204 cm³/mol. The molecule has 264 valence electrons. The van der Waals surface area contributed by atoms with E-state index in [1.165, 1.54) is 64.2 Å². The number of nitrogens with one attached hydrogen (secondary N) is 2. The average Bonchev–Trinajstić information content (AvgIpc) is 3.88.